The van der Waals surface area contributed by atoms with Crippen molar-refractivity contribution in [3.63, 3.8) is 0 Å². The number of rotatable bonds is 35. The van der Waals surface area contributed by atoms with E-state index in [1.807, 2.05) is 76.7 Å². The van der Waals surface area contributed by atoms with Gasteiger partial charge in [-0.05, 0) is 83.5 Å². The smallest absolute Gasteiger partial charge is 0.462 e. The SMILES string of the molecule is CC/C=C\C/C=C\C/C=C\C/C=C\CCCCC(=O)O[C@H](COC(=O)CCC/C=C\C/C=C\C/C=C\C=C\CC(O)/C=C\CC)COP(=O)(O)OCC[N+](C)(C)C. The first-order valence-electron chi connectivity index (χ1n) is 20.7. The number of hydrogen-bond donors (Lipinski definition) is 2. The van der Waals surface area contributed by atoms with Gasteiger partial charge >= 0.3 is 19.8 Å². The standard InChI is InChI=1S/C46H74NO9P/c1-6-8-10-11-12-13-14-15-16-17-22-25-28-31-34-38-46(50)56-44(42-55-57(51,52)54-40-39-47(3,4)5)41-53-45(49)37-33-30-27-24-21-19-18-20-23-26-29-32-36-43(48)35-9-7-2/h8-10,12-13,15-16,18-19,22-27,29,32,35,43-44,48H,6-7,11,14,17,20-21,28,30-31,33-34,36-42H2,1-5H3/p+1/b10-8-,13-12-,16-15-,19-18-,25-22-,26-23-,27-24-,32-29+,35-9-/t43?,44-/m1/s1. The molecule has 0 aromatic heterocycles. The van der Waals surface area contributed by atoms with Crippen LogP contribution in [0.5, 0.6) is 0 Å². The fourth-order valence-corrected chi connectivity index (χ4v) is 5.39. The zero-order valence-electron chi connectivity index (χ0n) is 35.6. The quantitative estimate of drug-likeness (QED) is 0.0160. The van der Waals surface area contributed by atoms with Crippen molar-refractivity contribution in [3.05, 3.63) is 109 Å². The van der Waals surface area contributed by atoms with E-state index in [2.05, 4.69) is 67.7 Å². The van der Waals surface area contributed by atoms with E-state index in [0.717, 1.165) is 57.8 Å². The third-order valence-electron chi connectivity index (χ3n) is 7.87. The molecule has 0 fully saturated rings. The molecule has 0 aromatic carbocycles. The molecule has 0 bridgehead atoms. The number of phosphoric acid groups is 1. The molecule has 2 unspecified atom stereocenters. The van der Waals surface area contributed by atoms with E-state index < -0.39 is 38.6 Å². The average Bonchev–Trinajstić information content (AvgIpc) is 3.16. The van der Waals surface area contributed by atoms with Crippen LogP contribution in [0.4, 0.5) is 0 Å². The van der Waals surface area contributed by atoms with Crippen molar-refractivity contribution in [2.24, 2.45) is 0 Å². The van der Waals surface area contributed by atoms with Gasteiger partial charge in [0.15, 0.2) is 6.10 Å². The molecule has 0 aliphatic carbocycles. The number of ether oxygens (including phenoxy) is 2. The number of carbonyl (C=O) groups excluding carboxylic acids is 2. The zero-order valence-corrected chi connectivity index (χ0v) is 36.5. The van der Waals surface area contributed by atoms with E-state index in [1.54, 1.807) is 0 Å². The predicted octanol–water partition coefficient (Wildman–Crippen LogP) is 10.5. The van der Waals surface area contributed by atoms with Crippen molar-refractivity contribution in [3.8, 4) is 0 Å². The normalized spacial score (nSPS) is 15.3. The molecule has 0 heterocycles. The second kappa shape index (κ2) is 36.9. The Labute approximate surface area is 345 Å². The van der Waals surface area contributed by atoms with Crippen LogP contribution in [0.3, 0.4) is 0 Å². The topological polar surface area (TPSA) is 129 Å². The molecule has 0 saturated carbocycles. The van der Waals surface area contributed by atoms with E-state index in [1.165, 1.54) is 0 Å². The van der Waals surface area contributed by atoms with Crippen LogP contribution >= 0.6 is 7.82 Å². The van der Waals surface area contributed by atoms with Gasteiger partial charge in [-0.1, -0.05) is 123 Å². The van der Waals surface area contributed by atoms with Gasteiger partial charge in [0.25, 0.3) is 0 Å². The number of quaternary nitrogens is 1. The highest BCUT2D eigenvalue weighted by Gasteiger charge is 2.27. The van der Waals surface area contributed by atoms with Gasteiger partial charge in [0, 0.05) is 12.8 Å². The molecule has 0 spiro atoms. The van der Waals surface area contributed by atoms with E-state index in [-0.39, 0.29) is 26.1 Å². The number of allylic oxidation sites excluding steroid dienone is 16. The number of carbonyl (C=O) groups is 2. The van der Waals surface area contributed by atoms with Crippen LogP contribution in [0.15, 0.2) is 109 Å². The van der Waals surface area contributed by atoms with Gasteiger partial charge in [-0.2, -0.15) is 0 Å². The Balaban J connectivity index is 4.62. The number of aliphatic hydroxyl groups is 1. The van der Waals surface area contributed by atoms with Gasteiger partial charge in [-0.3, -0.25) is 18.6 Å². The van der Waals surface area contributed by atoms with Crippen LogP contribution < -0.4 is 0 Å². The summed E-state index contributed by atoms with van der Waals surface area (Å²) in [6.07, 6.45) is 46.4. The molecule has 11 heteroatoms. The first kappa shape index (κ1) is 53.6. The van der Waals surface area contributed by atoms with Crippen LogP contribution in [0.2, 0.25) is 0 Å². The summed E-state index contributed by atoms with van der Waals surface area (Å²) in [7, 11) is 1.37. The largest absolute Gasteiger partial charge is 0.472 e. The van der Waals surface area contributed by atoms with Crippen molar-refractivity contribution in [2.75, 3.05) is 47.5 Å². The van der Waals surface area contributed by atoms with Crippen LogP contribution in [0.25, 0.3) is 0 Å². The summed E-state index contributed by atoms with van der Waals surface area (Å²) >= 11 is 0. The molecule has 0 aliphatic rings. The molecule has 0 aromatic rings. The Morgan fingerprint density at radius 1 is 0.632 bits per heavy atom. The lowest BCUT2D eigenvalue weighted by molar-refractivity contribution is -0.870. The van der Waals surface area contributed by atoms with Crippen molar-refractivity contribution in [1.82, 2.24) is 0 Å². The van der Waals surface area contributed by atoms with Crippen molar-refractivity contribution in [2.45, 2.75) is 122 Å². The predicted molar refractivity (Wildman–Crippen MR) is 234 cm³/mol. The van der Waals surface area contributed by atoms with Gasteiger partial charge in [-0.15, -0.1) is 0 Å². The number of nitrogens with zero attached hydrogens (tertiary/aromatic N) is 1. The molecule has 0 rings (SSSR count). The van der Waals surface area contributed by atoms with Crippen molar-refractivity contribution in [1.29, 1.82) is 0 Å². The molecular formula is C46H75NO9P+. The number of likely N-dealkylation sites (N-methyl/N-ethyl adjacent to an activating group) is 1. The van der Waals surface area contributed by atoms with Crippen molar-refractivity contribution < 1.29 is 47.2 Å². The van der Waals surface area contributed by atoms with Gasteiger partial charge in [-0.25, -0.2) is 4.57 Å². The second-order valence-corrected chi connectivity index (χ2v) is 15.9. The Kier molecular flexibility index (Phi) is 34.8. The highest BCUT2D eigenvalue weighted by molar-refractivity contribution is 7.47. The lowest BCUT2D eigenvalue weighted by Crippen LogP contribution is -2.37. The highest BCUT2D eigenvalue weighted by atomic mass is 31.2. The van der Waals surface area contributed by atoms with Gasteiger partial charge in [0.2, 0.25) is 0 Å². The highest BCUT2D eigenvalue weighted by Crippen LogP contribution is 2.43. The van der Waals surface area contributed by atoms with Gasteiger partial charge in [0.05, 0.1) is 33.9 Å². The first-order chi connectivity index (χ1) is 27.4. The molecular weight excluding hydrogens is 741 g/mol. The fraction of sp³-hybridized carbons (Fsp3) is 0.565. The molecule has 3 atom stereocenters. The van der Waals surface area contributed by atoms with E-state index in [0.29, 0.717) is 36.7 Å². The van der Waals surface area contributed by atoms with Crippen LogP contribution in [0.1, 0.15) is 110 Å². The summed E-state index contributed by atoms with van der Waals surface area (Å²) in [5.41, 5.74) is 0. The Hall–Kier alpha value is -3.37. The van der Waals surface area contributed by atoms with Crippen molar-refractivity contribution >= 4 is 19.8 Å². The molecule has 2 N–H and O–H groups in total. The molecule has 0 amide bonds. The maximum atomic E-state index is 12.6. The molecule has 57 heavy (non-hydrogen) atoms. The number of aliphatic hydroxyl groups excluding tert-OH is 1. The minimum atomic E-state index is -4.41. The minimum absolute atomic E-state index is 0.000722. The van der Waals surface area contributed by atoms with E-state index in [9.17, 15) is 24.2 Å². The van der Waals surface area contributed by atoms with Gasteiger partial charge in [0.1, 0.15) is 19.8 Å². The summed E-state index contributed by atoms with van der Waals surface area (Å²) in [5, 5.41) is 9.77. The summed E-state index contributed by atoms with van der Waals surface area (Å²) in [6, 6.07) is 0. The maximum Gasteiger partial charge on any atom is 0.472 e. The number of phosphoric ester groups is 1. The van der Waals surface area contributed by atoms with Crippen LogP contribution in [-0.2, 0) is 32.7 Å². The van der Waals surface area contributed by atoms with E-state index >= 15 is 0 Å². The monoisotopic (exact) mass is 817 g/mol. The number of hydrogen-bond acceptors (Lipinski definition) is 8. The summed E-state index contributed by atoms with van der Waals surface area (Å²) in [6.45, 7) is 3.90. The molecule has 322 valence electrons. The lowest BCUT2D eigenvalue weighted by Gasteiger charge is -2.24. The Morgan fingerprint density at radius 2 is 1.16 bits per heavy atom. The molecule has 0 aliphatic heterocycles. The third-order valence-corrected chi connectivity index (χ3v) is 8.86. The maximum absolute atomic E-state index is 12.6. The van der Waals surface area contributed by atoms with Crippen LogP contribution in [-0.4, -0.2) is 86.1 Å². The third kappa shape index (κ3) is 40.6. The Morgan fingerprint density at radius 3 is 1.75 bits per heavy atom. The first-order valence-corrected chi connectivity index (χ1v) is 22.2. The number of esters is 2. The molecule has 0 saturated heterocycles. The van der Waals surface area contributed by atoms with E-state index in [4.69, 9.17) is 18.5 Å². The molecule has 0 radical (unpaired) electrons. The van der Waals surface area contributed by atoms with Gasteiger partial charge < -0.3 is 24.0 Å². The fourth-order valence-electron chi connectivity index (χ4n) is 4.65. The summed E-state index contributed by atoms with van der Waals surface area (Å²) < 4.78 is 34.1. The Bertz CT molecular complexity index is 1350. The summed E-state index contributed by atoms with van der Waals surface area (Å²) in [4.78, 5) is 35.3. The van der Waals surface area contributed by atoms with Crippen LogP contribution in [0, 0.1) is 0 Å². The minimum Gasteiger partial charge on any atom is -0.462 e. The molecule has 10 nitrogen and oxygen atoms in total. The average molecular weight is 817 g/mol. The number of unbranched alkanes of at least 4 members (excludes halogenated alkanes) is 3. The summed E-state index contributed by atoms with van der Waals surface area (Å²) in [5.74, 6) is -0.955. The lowest BCUT2D eigenvalue weighted by atomic mass is 10.2. The second-order valence-electron chi connectivity index (χ2n) is 14.5. The zero-order chi connectivity index (χ0) is 42.3.